The van der Waals surface area contributed by atoms with Gasteiger partial charge in [0.05, 0.1) is 5.69 Å². The van der Waals surface area contributed by atoms with E-state index in [4.69, 9.17) is 0 Å². The van der Waals surface area contributed by atoms with Crippen molar-refractivity contribution in [3.8, 4) is 0 Å². The zero-order chi connectivity index (χ0) is 13.8. The summed E-state index contributed by atoms with van der Waals surface area (Å²) in [4.78, 5) is 16.9. The second-order valence-electron chi connectivity index (χ2n) is 4.23. The van der Waals surface area contributed by atoms with E-state index in [1.54, 1.807) is 11.3 Å². The van der Waals surface area contributed by atoms with Gasteiger partial charge in [0.1, 0.15) is 0 Å². The van der Waals surface area contributed by atoms with E-state index >= 15 is 0 Å². The summed E-state index contributed by atoms with van der Waals surface area (Å²) in [5, 5.41) is 3.50. The minimum absolute atomic E-state index is 0.00365. The maximum absolute atomic E-state index is 11.3. The number of halogens is 1. The minimum atomic E-state index is 0.00365. The molecule has 5 heteroatoms. The lowest BCUT2D eigenvalue weighted by molar-refractivity contribution is -0.115. The summed E-state index contributed by atoms with van der Waals surface area (Å²) in [5.74, 6) is 0.00365. The molecule has 0 spiro atoms. The van der Waals surface area contributed by atoms with E-state index in [9.17, 15) is 4.79 Å². The molecule has 1 aromatic heterocycles. The van der Waals surface area contributed by atoms with Gasteiger partial charge in [0.25, 0.3) is 0 Å². The van der Waals surface area contributed by atoms with Crippen molar-refractivity contribution in [2.75, 3.05) is 5.32 Å². The van der Waals surface area contributed by atoms with E-state index in [0.29, 0.717) is 11.6 Å². The quantitative estimate of drug-likeness (QED) is 0.909. The number of benzene rings is 1. The number of hydrogen-bond donors (Lipinski definition) is 1. The number of rotatable bonds is 4. The highest BCUT2D eigenvalue weighted by atomic mass is 79.9. The average molecular weight is 339 g/mol. The van der Waals surface area contributed by atoms with Crippen LogP contribution >= 0.6 is 27.3 Å². The lowest BCUT2D eigenvalue weighted by atomic mass is 10.1. The lowest BCUT2D eigenvalue weighted by Gasteiger charge is -1.99. The fourth-order valence-corrected chi connectivity index (χ4v) is 2.92. The minimum Gasteiger partial charge on any atom is -0.302 e. The summed E-state index contributed by atoms with van der Waals surface area (Å²) in [6, 6.07) is 8.25. The average Bonchev–Trinajstić information content (AvgIpc) is 2.72. The van der Waals surface area contributed by atoms with Crippen molar-refractivity contribution >= 4 is 38.3 Å². The Balaban J connectivity index is 2.12. The molecule has 0 unspecified atom stereocenters. The van der Waals surface area contributed by atoms with Gasteiger partial charge in [-0.1, -0.05) is 35.0 Å². The third kappa shape index (κ3) is 3.88. The SMILES string of the molecule is CCC(=O)Nc1nc(C)c(Cc2ccc(Br)cc2)s1. The number of nitrogens with one attached hydrogen (secondary N) is 1. The maximum atomic E-state index is 11.3. The van der Waals surface area contributed by atoms with Crippen LogP contribution < -0.4 is 5.32 Å². The summed E-state index contributed by atoms with van der Waals surface area (Å²) in [6.07, 6.45) is 1.32. The predicted molar refractivity (Wildman–Crippen MR) is 82.7 cm³/mol. The van der Waals surface area contributed by atoms with Gasteiger partial charge in [-0.3, -0.25) is 4.79 Å². The molecule has 0 aliphatic heterocycles. The largest absolute Gasteiger partial charge is 0.302 e. The fraction of sp³-hybridized carbons (Fsp3) is 0.286. The van der Waals surface area contributed by atoms with Crippen molar-refractivity contribution in [3.63, 3.8) is 0 Å². The molecule has 19 heavy (non-hydrogen) atoms. The van der Waals surface area contributed by atoms with Crippen molar-refractivity contribution in [2.45, 2.75) is 26.7 Å². The van der Waals surface area contributed by atoms with Crippen molar-refractivity contribution in [1.82, 2.24) is 4.98 Å². The molecule has 100 valence electrons. The number of aryl methyl sites for hydroxylation is 1. The van der Waals surface area contributed by atoms with Crippen LogP contribution in [0.2, 0.25) is 0 Å². The second-order valence-corrected chi connectivity index (χ2v) is 6.23. The number of thiazole rings is 1. The first kappa shape index (κ1) is 14.2. The number of anilines is 1. The van der Waals surface area contributed by atoms with Gasteiger partial charge in [0, 0.05) is 22.2 Å². The number of hydrogen-bond acceptors (Lipinski definition) is 3. The second kappa shape index (κ2) is 6.30. The zero-order valence-corrected chi connectivity index (χ0v) is 13.3. The van der Waals surface area contributed by atoms with Gasteiger partial charge in [0.15, 0.2) is 5.13 Å². The van der Waals surface area contributed by atoms with Crippen LogP contribution in [-0.4, -0.2) is 10.9 Å². The Morgan fingerprint density at radius 3 is 2.68 bits per heavy atom. The summed E-state index contributed by atoms with van der Waals surface area (Å²) in [7, 11) is 0. The highest BCUT2D eigenvalue weighted by Gasteiger charge is 2.10. The molecule has 0 saturated carbocycles. The van der Waals surface area contributed by atoms with E-state index in [0.717, 1.165) is 16.6 Å². The molecule has 1 N–H and O–H groups in total. The number of amides is 1. The third-order valence-electron chi connectivity index (χ3n) is 2.74. The first-order valence-electron chi connectivity index (χ1n) is 6.09. The number of carbonyl (C=O) groups excluding carboxylic acids is 1. The Hall–Kier alpha value is -1.20. The van der Waals surface area contributed by atoms with Gasteiger partial charge in [-0.15, -0.1) is 11.3 Å². The lowest BCUT2D eigenvalue weighted by Crippen LogP contribution is -2.08. The van der Waals surface area contributed by atoms with Gasteiger partial charge in [-0.05, 0) is 24.6 Å². The number of carbonyl (C=O) groups is 1. The van der Waals surface area contributed by atoms with Crippen LogP contribution in [0.25, 0.3) is 0 Å². The Morgan fingerprint density at radius 2 is 2.05 bits per heavy atom. The summed E-state index contributed by atoms with van der Waals surface area (Å²) >= 11 is 4.97. The van der Waals surface area contributed by atoms with E-state index in [1.165, 1.54) is 10.4 Å². The van der Waals surface area contributed by atoms with Crippen LogP contribution in [0.1, 0.15) is 29.5 Å². The van der Waals surface area contributed by atoms with Gasteiger partial charge in [-0.25, -0.2) is 4.98 Å². The highest BCUT2D eigenvalue weighted by Crippen LogP contribution is 2.25. The van der Waals surface area contributed by atoms with Crippen molar-refractivity contribution < 1.29 is 4.79 Å². The highest BCUT2D eigenvalue weighted by molar-refractivity contribution is 9.10. The van der Waals surface area contributed by atoms with Gasteiger partial charge >= 0.3 is 0 Å². The first-order valence-corrected chi connectivity index (χ1v) is 7.70. The van der Waals surface area contributed by atoms with Gasteiger partial charge < -0.3 is 5.32 Å². The molecule has 0 radical (unpaired) electrons. The van der Waals surface area contributed by atoms with Crippen molar-refractivity contribution in [1.29, 1.82) is 0 Å². The van der Waals surface area contributed by atoms with Crippen LogP contribution in [0.15, 0.2) is 28.7 Å². The smallest absolute Gasteiger partial charge is 0.225 e. The van der Waals surface area contributed by atoms with Crippen LogP contribution in [0.3, 0.4) is 0 Å². The summed E-state index contributed by atoms with van der Waals surface area (Å²) in [6.45, 7) is 3.81. The van der Waals surface area contributed by atoms with E-state index in [1.807, 2.05) is 26.0 Å². The third-order valence-corrected chi connectivity index (χ3v) is 4.34. The monoisotopic (exact) mass is 338 g/mol. The topological polar surface area (TPSA) is 42.0 Å². The number of nitrogens with zero attached hydrogens (tertiary/aromatic N) is 1. The molecule has 1 aromatic carbocycles. The first-order chi connectivity index (χ1) is 9.08. The van der Waals surface area contributed by atoms with E-state index < -0.39 is 0 Å². The van der Waals surface area contributed by atoms with Crippen LogP contribution in [0, 0.1) is 6.92 Å². The Labute approximate surface area is 125 Å². The Bertz CT molecular complexity index is 578. The normalized spacial score (nSPS) is 10.5. The molecule has 3 nitrogen and oxygen atoms in total. The Morgan fingerprint density at radius 1 is 1.37 bits per heavy atom. The van der Waals surface area contributed by atoms with Crippen LogP contribution in [0.5, 0.6) is 0 Å². The fourth-order valence-electron chi connectivity index (χ4n) is 1.64. The summed E-state index contributed by atoms with van der Waals surface area (Å²) in [5.41, 5.74) is 2.22. The number of aromatic nitrogens is 1. The van der Waals surface area contributed by atoms with Crippen LogP contribution in [-0.2, 0) is 11.2 Å². The molecule has 1 heterocycles. The van der Waals surface area contributed by atoms with Gasteiger partial charge in [-0.2, -0.15) is 0 Å². The molecular weight excluding hydrogens is 324 g/mol. The standard InChI is InChI=1S/C14H15BrN2OS/c1-3-13(18)17-14-16-9(2)12(19-14)8-10-4-6-11(15)7-5-10/h4-7H,3,8H2,1-2H3,(H,16,17,18). The molecule has 0 bridgehead atoms. The molecule has 2 rings (SSSR count). The van der Waals surface area contributed by atoms with E-state index in [-0.39, 0.29) is 5.91 Å². The molecule has 0 saturated heterocycles. The molecule has 0 aliphatic carbocycles. The molecular formula is C14H15BrN2OS. The molecule has 0 fully saturated rings. The summed E-state index contributed by atoms with van der Waals surface area (Å²) < 4.78 is 1.08. The van der Waals surface area contributed by atoms with Crippen LogP contribution in [0.4, 0.5) is 5.13 Å². The van der Waals surface area contributed by atoms with Gasteiger partial charge in [0.2, 0.25) is 5.91 Å². The van der Waals surface area contributed by atoms with E-state index in [2.05, 4.69) is 38.4 Å². The van der Waals surface area contributed by atoms with Crippen molar-refractivity contribution in [3.05, 3.63) is 44.9 Å². The zero-order valence-electron chi connectivity index (χ0n) is 10.9. The Kier molecular flexibility index (Phi) is 4.71. The molecule has 1 amide bonds. The predicted octanol–water partition coefficient (Wildman–Crippen LogP) is 4.15. The molecule has 0 aliphatic rings. The molecule has 0 atom stereocenters. The molecule has 2 aromatic rings. The maximum Gasteiger partial charge on any atom is 0.225 e. The van der Waals surface area contributed by atoms with Crippen molar-refractivity contribution in [2.24, 2.45) is 0 Å².